The van der Waals surface area contributed by atoms with Crippen LogP contribution in [0.15, 0.2) is 18.3 Å². The van der Waals surface area contributed by atoms with Crippen LogP contribution in [0.2, 0.25) is 0 Å². The van der Waals surface area contributed by atoms with Crippen molar-refractivity contribution >= 4 is 0 Å². The molecule has 0 spiro atoms. The van der Waals surface area contributed by atoms with Gasteiger partial charge in [0.2, 0.25) is 5.88 Å². The Labute approximate surface area is 96.3 Å². The number of methoxy groups -OCH3 is 1. The van der Waals surface area contributed by atoms with Gasteiger partial charge in [-0.1, -0.05) is 13.8 Å². The SMILES string of the molecule is COc1ccc(C(C#N)NCC(C)C)cn1. The van der Waals surface area contributed by atoms with E-state index in [1.165, 1.54) is 0 Å². The standard InChI is InChI=1S/C12H17N3O/c1-9(2)7-14-11(6-13)10-4-5-12(16-3)15-8-10/h4-5,8-9,11,14H,7H2,1-3H3. The molecule has 0 radical (unpaired) electrons. The Morgan fingerprint density at radius 3 is 2.69 bits per heavy atom. The van der Waals surface area contributed by atoms with E-state index >= 15 is 0 Å². The average molecular weight is 219 g/mol. The molecule has 86 valence electrons. The second kappa shape index (κ2) is 6.09. The summed E-state index contributed by atoms with van der Waals surface area (Å²) in [6, 6.07) is 5.53. The lowest BCUT2D eigenvalue weighted by molar-refractivity contribution is 0.397. The van der Waals surface area contributed by atoms with Crippen LogP contribution in [-0.2, 0) is 0 Å². The van der Waals surface area contributed by atoms with Gasteiger partial charge in [0.05, 0.1) is 13.2 Å². The third-order valence-corrected chi connectivity index (χ3v) is 2.16. The number of pyridine rings is 1. The molecule has 1 rings (SSSR count). The monoisotopic (exact) mass is 219 g/mol. The Balaban J connectivity index is 2.68. The average Bonchev–Trinajstić information content (AvgIpc) is 2.30. The summed E-state index contributed by atoms with van der Waals surface area (Å²) < 4.78 is 4.97. The van der Waals surface area contributed by atoms with Gasteiger partial charge in [-0.25, -0.2) is 4.98 Å². The number of nitrogens with one attached hydrogen (secondary N) is 1. The van der Waals surface area contributed by atoms with E-state index in [2.05, 4.69) is 30.2 Å². The Bertz CT molecular complexity index is 354. The lowest BCUT2D eigenvalue weighted by atomic mass is 10.1. The molecule has 0 saturated carbocycles. The third-order valence-electron chi connectivity index (χ3n) is 2.16. The fraction of sp³-hybridized carbons (Fsp3) is 0.500. The predicted octanol–water partition coefficient (Wildman–Crippen LogP) is 1.90. The van der Waals surface area contributed by atoms with Crippen LogP contribution in [0, 0.1) is 17.2 Å². The maximum atomic E-state index is 9.05. The molecule has 0 aliphatic heterocycles. The van der Waals surface area contributed by atoms with Gasteiger partial charge in [-0.2, -0.15) is 5.26 Å². The molecule has 1 N–H and O–H groups in total. The number of nitrogens with zero attached hydrogens (tertiary/aromatic N) is 2. The van der Waals surface area contributed by atoms with Crippen LogP contribution in [0.3, 0.4) is 0 Å². The smallest absolute Gasteiger partial charge is 0.212 e. The molecule has 1 aromatic rings. The first-order valence-electron chi connectivity index (χ1n) is 5.30. The van der Waals surface area contributed by atoms with E-state index in [9.17, 15) is 0 Å². The first-order chi connectivity index (χ1) is 7.67. The van der Waals surface area contributed by atoms with Crippen molar-refractivity contribution in [1.29, 1.82) is 5.26 Å². The first kappa shape index (κ1) is 12.5. The zero-order chi connectivity index (χ0) is 12.0. The molecular weight excluding hydrogens is 202 g/mol. The Morgan fingerprint density at radius 2 is 2.25 bits per heavy atom. The molecule has 4 nitrogen and oxygen atoms in total. The Morgan fingerprint density at radius 1 is 1.50 bits per heavy atom. The van der Waals surface area contributed by atoms with Crippen LogP contribution in [0.1, 0.15) is 25.5 Å². The van der Waals surface area contributed by atoms with Crippen LogP contribution in [0.25, 0.3) is 0 Å². The molecule has 1 atom stereocenters. The zero-order valence-corrected chi connectivity index (χ0v) is 9.90. The molecule has 0 fully saturated rings. The number of ether oxygens (including phenoxy) is 1. The van der Waals surface area contributed by atoms with E-state index in [0.29, 0.717) is 11.8 Å². The van der Waals surface area contributed by atoms with Gasteiger partial charge in [-0.3, -0.25) is 5.32 Å². The zero-order valence-electron chi connectivity index (χ0n) is 9.90. The minimum Gasteiger partial charge on any atom is -0.481 e. The largest absolute Gasteiger partial charge is 0.481 e. The van der Waals surface area contributed by atoms with Gasteiger partial charge in [0, 0.05) is 17.8 Å². The van der Waals surface area contributed by atoms with Gasteiger partial charge < -0.3 is 4.74 Å². The number of nitriles is 1. The van der Waals surface area contributed by atoms with Crippen molar-refractivity contribution in [1.82, 2.24) is 10.3 Å². The maximum absolute atomic E-state index is 9.05. The molecule has 16 heavy (non-hydrogen) atoms. The second-order valence-corrected chi connectivity index (χ2v) is 4.00. The van der Waals surface area contributed by atoms with Gasteiger partial charge in [-0.15, -0.1) is 0 Å². The van der Waals surface area contributed by atoms with Gasteiger partial charge in [-0.05, 0) is 18.5 Å². The van der Waals surface area contributed by atoms with Crippen molar-refractivity contribution < 1.29 is 4.74 Å². The van der Waals surface area contributed by atoms with Crippen molar-refractivity contribution in [3.05, 3.63) is 23.9 Å². The van der Waals surface area contributed by atoms with Crippen molar-refractivity contribution in [2.45, 2.75) is 19.9 Å². The van der Waals surface area contributed by atoms with Crippen LogP contribution in [-0.4, -0.2) is 18.6 Å². The molecule has 1 heterocycles. The summed E-state index contributed by atoms with van der Waals surface area (Å²) >= 11 is 0. The van der Waals surface area contributed by atoms with Gasteiger partial charge in [0.25, 0.3) is 0 Å². The lowest BCUT2D eigenvalue weighted by Gasteiger charge is -2.13. The number of hydrogen-bond donors (Lipinski definition) is 1. The van der Waals surface area contributed by atoms with E-state index < -0.39 is 0 Å². The fourth-order valence-electron chi connectivity index (χ4n) is 1.27. The predicted molar refractivity (Wildman–Crippen MR) is 62.0 cm³/mol. The third kappa shape index (κ3) is 3.52. The van der Waals surface area contributed by atoms with Crippen LogP contribution in [0.5, 0.6) is 5.88 Å². The Hall–Kier alpha value is -1.60. The number of aromatic nitrogens is 1. The highest BCUT2D eigenvalue weighted by molar-refractivity contribution is 5.24. The van der Waals surface area contributed by atoms with E-state index in [1.54, 1.807) is 19.4 Å². The van der Waals surface area contributed by atoms with E-state index in [1.807, 2.05) is 6.07 Å². The molecule has 0 aliphatic rings. The lowest BCUT2D eigenvalue weighted by Crippen LogP contribution is -2.24. The summed E-state index contributed by atoms with van der Waals surface area (Å²) in [5.74, 6) is 1.08. The quantitative estimate of drug-likeness (QED) is 0.821. The summed E-state index contributed by atoms with van der Waals surface area (Å²) in [5, 5.41) is 12.2. The normalized spacial score (nSPS) is 12.2. The second-order valence-electron chi connectivity index (χ2n) is 4.00. The van der Waals surface area contributed by atoms with Crippen molar-refractivity contribution in [2.75, 3.05) is 13.7 Å². The molecule has 1 aromatic heterocycles. The molecule has 0 aromatic carbocycles. The molecule has 0 saturated heterocycles. The molecule has 4 heteroatoms. The summed E-state index contributed by atoms with van der Waals surface area (Å²) in [4.78, 5) is 4.08. The number of hydrogen-bond acceptors (Lipinski definition) is 4. The fourth-order valence-corrected chi connectivity index (χ4v) is 1.27. The maximum Gasteiger partial charge on any atom is 0.212 e. The summed E-state index contributed by atoms with van der Waals surface area (Å²) in [6.45, 7) is 5.02. The molecule has 1 unspecified atom stereocenters. The van der Waals surface area contributed by atoms with Crippen molar-refractivity contribution in [3.63, 3.8) is 0 Å². The molecule has 0 aliphatic carbocycles. The Kier molecular flexibility index (Phi) is 4.74. The topological polar surface area (TPSA) is 57.9 Å². The van der Waals surface area contributed by atoms with E-state index in [0.717, 1.165) is 12.1 Å². The van der Waals surface area contributed by atoms with Gasteiger partial charge in [0.1, 0.15) is 6.04 Å². The summed E-state index contributed by atoms with van der Waals surface area (Å²) in [6.07, 6.45) is 1.67. The minimum absolute atomic E-state index is 0.305. The van der Waals surface area contributed by atoms with Crippen LogP contribution < -0.4 is 10.1 Å². The summed E-state index contributed by atoms with van der Waals surface area (Å²) in [5.41, 5.74) is 0.865. The summed E-state index contributed by atoms with van der Waals surface area (Å²) in [7, 11) is 1.57. The highest BCUT2D eigenvalue weighted by Gasteiger charge is 2.10. The van der Waals surface area contributed by atoms with Crippen molar-refractivity contribution in [3.8, 4) is 11.9 Å². The van der Waals surface area contributed by atoms with Crippen LogP contribution in [0.4, 0.5) is 0 Å². The van der Waals surface area contributed by atoms with E-state index in [4.69, 9.17) is 10.00 Å². The first-order valence-corrected chi connectivity index (χ1v) is 5.30. The molecular formula is C12H17N3O. The molecule has 0 amide bonds. The highest BCUT2D eigenvalue weighted by atomic mass is 16.5. The van der Waals surface area contributed by atoms with Gasteiger partial charge >= 0.3 is 0 Å². The van der Waals surface area contributed by atoms with Gasteiger partial charge in [0.15, 0.2) is 0 Å². The minimum atomic E-state index is -0.305. The van der Waals surface area contributed by atoms with Crippen molar-refractivity contribution in [2.24, 2.45) is 5.92 Å². The molecule has 0 bridgehead atoms. The van der Waals surface area contributed by atoms with E-state index in [-0.39, 0.29) is 6.04 Å². The van der Waals surface area contributed by atoms with Crippen LogP contribution >= 0.6 is 0 Å². The highest BCUT2D eigenvalue weighted by Crippen LogP contribution is 2.14. The number of rotatable bonds is 5.